The summed E-state index contributed by atoms with van der Waals surface area (Å²) in [4.78, 5) is 0. The van der Waals surface area contributed by atoms with Gasteiger partial charge in [-0.05, 0) is 58.5 Å². The van der Waals surface area contributed by atoms with Crippen LogP contribution >= 0.6 is 34.4 Å². The molecular formula is C16H15NS3. The third kappa shape index (κ3) is 2.26. The van der Waals surface area contributed by atoms with E-state index in [1.807, 2.05) is 23.1 Å². The van der Waals surface area contributed by atoms with E-state index in [-0.39, 0.29) is 0 Å². The highest BCUT2D eigenvalue weighted by atomic mass is 32.2. The van der Waals surface area contributed by atoms with Crippen LogP contribution in [0.5, 0.6) is 0 Å². The van der Waals surface area contributed by atoms with Crippen LogP contribution in [-0.2, 0) is 0 Å². The fraction of sp³-hybridized carbons (Fsp3) is 0.250. The number of benzene rings is 1. The lowest BCUT2D eigenvalue weighted by Crippen LogP contribution is -2.18. The van der Waals surface area contributed by atoms with Crippen LogP contribution in [0.4, 0.5) is 5.69 Å². The Bertz CT molecular complexity index is 743. The molecule has 0 fully saturated rings. The van der Waals surface area contributed by atoms with Gasteiger partial charge >= 0.3 is 0 Å². The van der Waals surface area contributed by atoms with Crippen LogP contribution in [0.15, 0.2) is 45.3 Å². The first-order valence-electron chi connectivity index (χ1n) is 6.77. The van der Waals surface area contributed by atoms with Crippen molar-refractivity contribution in [1.29, 1.82) is 0 Å². The van der Waals surface area contributed by atoms with Gasteiger partial charge in [-0.15, -0.1) is 34.4 Å². The molecule has 102 valence electrons. The number of thioether (sulfide) groups is 1. The summed E-state index contributed by atoms with van der Waals surface area (Å²) in [7, 11) is 0. The summed E-state index contributed by atoms with van der Waals surface area (Å²) in [5.74, 6) is 0. The zero-order valence-electron chi connectivity index (χ0n) is 11.1. The fourth-order valence-corrected chi connectivity index (χ4v) is 6.08. The highest BCUT2D eigenvalue weighted by Gasteiger charge is 2.26. The summed E-state index contributed by atoms with van der Waals surface area (Å²) >= 11 is 5.69. The molecule has 0 bridgehead atoms. The molecule has 1 unspecified atom stereocenters. The monoisotopic (exact) mass is 317 g/mol. The SMILES string of the molecule is C[C@H]1CC(Nc2ccc3sccc3c2)c2ccsc2S1. The van der Waals surface area contributed by atoms with Gasteiger partial charge in [0.25, 0.3) is 0 Å². The van der Waals surface area contributed by atoms with E-state index in [0.717, 1.165) is 0 Å². The molecule has 0 radical (unpaired) electrons. The van der Waals surface area contributed by atoms with Crippen molar-refractivity contribution in [3.05, 3.63) is 46.7 Å². The Labute approximate surface area is 131 Å². The number of hydrogen-bond acceptors (Lipinski definition) is 4. The molecule has 1 N–H and O–H groups in total. The minimum Gasteiger partial charge on any atom is -0.378 e. The summed E-state index contributed by atoms with van der Waals surface area (Å²) in [6, 6.07) is 11.6. The van der Waals surface area contributed by atoms with Crippen molar-refractivity contribution < 1.29 is 0 Å². The van der Waals surface area contributed by atoms with Crippen LogP contribution in [0, 0.1) is 0 Å². The minimum absolute atomic E-state index is 0.448. The fourth-order valence-electron chi connectivity index (χ4n) is 2.74. The normalized spacial score (nSPS) is 21.9. The minimum atomic E-state index is 0.448. The molecule has 4 heteroatoms. The van der Waals surface area contributed by atoms with Crippen molar-refractivity contribution >= 4 is 50.2 Å². The Kier molecular flexibility index (Phi) is 3.25. The van der Waals surface area contributed by atoms with Gasteiger partial charge in [0, 0.05) is 15.6 Å². The summed E-state index contributed by atoms with van der Waals surface area (Å²) in [5, 5.41) is 10.1. The molecule has 0 aliphatic carbocycles. The topological polar surface area (TPSA) is 12.0 Å². The van der Waals surface area contributed by atoms with Gasteiger partial charge in [0.1, 0.15) is 0 Å². The maximum absolute atomic E-state index is 3.73. The molecule has 2 aromatic heterocycles. The Morgan fingerprint density at radius 1 is 1.10 bits per heavy atom. The lowest BCUT2D eigenvalue weighted by atomic mass is 10.0. The first kappa shape index (κ1) is 12.7. The highest BCUT2D eigenvalue weighted by Crippen LogP contribution is 2.45. The first-order valence-corrected chi connectivity index (χ1v) is 9.41. The summed E-state index contributed by atoms with van der Waals surface area (Å²) < 4.78 is 2.84. The van der Waals surface area contributed by atoms with E-state index in [1.165, 1.54) is 32.0 Å². The first-order chi connectivity index (χ1) is 9.79. The van der Waals surface area contributed by atoms with Crippen molar-refractivity contribution in [3.63, 3.8) is 0 Å². The predicted molar refractivity (Wildman–Crippen MR) is 92.4 cm³/mol. The standard InChI is InChI=1S/C16H15NS3/c1-10-8-14(13-5-7-19-16(13)20-10)17-12-2-3-15-11(9-12)4-6-18-15/h2-7,9-10,14,17H,8H2,1H3/t10-,14?/m0/s1. The molecule has 3 heterocycles. The summed E-state index contributed by atoms with van der Waals surface area (Å²) in [6.07, 6.45) is 1.19. The van der Waals surface area contributed by atoms with E-state index in [2.05, 4.69) is 53.3 Å². The number of rotatable bonds is 2. The average Bonchev–Trinajstić information content (AvgIpc) is 3.05. The van der Waals surface area contributed by atoms with Crippen molar-refractivity contribution in [2.24, 2.45) is 0 Å². The number of thiophene rings is 2. The Balaban J connectivity index is 1.65. The highest BCUT2D eigenvalue weighted by molar-refractivity contribution is 8.01. The Hall–Kier alpha value is -0.970. The van der Waals surface area contributed by atoms with Crippen molar-refractivity contribution in [3.8, 4) is 0 Å². The van der Waals surface area contributed by atoms with Crippen LogP contribution in [0.3, 0.4) is 0 Å². The van der Waals surface area contributed by atoms with Crippen molar-refractivity contribution in [2.45, 2.75) is 28.8 Å². The van der Waals surface area contributed by atoms with E-state index in [1.54, 1.807) is 11.3 Å². The zero-order chi connectivity index (χ0) is 13.5. The van der Waals surface area contributed by atoms with E-state index < -0.39 is 0 Å². The van der Waals surface area contributed by atoms with Gasteiger partial charge in [0.2, 0.25) is 0 Å². The van der Waals surface area contributed by atoms with Gasteiger partial charge in [-0.1, -0.05) is 6.92 Å². The molecule has 1 aliphatic heterocycles. The lowest BCUT2D eigenvalue weighted by molar-refractivity contribution is 0.670. The van der Waals surface area contributed by atoms with Gasteiger partial charge in [0.05, 0.1) is 10.3 Å². The molecule has 1 aromatic carbocycles. The lowest BCUT2D eigenvalue weighted by Gasteiger charge is -2.28. The third-order valence-corrected chi connectivity index (χ3v) is 6.94. The molecule has 1 nitrogen and oxygen atoms in total. The number of nitrogens with one attached hydrogen (secondary N) is 1. The van der Waals surface area contributed by atoms with Crippen LogP contribution < -0.4 is 5.32 Å². The van der Waals surface area contributed by atoms with E-state index >= 15 is 0 Å². The molecule has 20 heavy (non-hydrogen) atoms. The number of fused-ring (bicyclic) bond motifs is 2. The zero-order valence-corrected chi connectivity index (χ0v) is 13.6. The second kappa shape index (κ2) is 5.10. The smallest absolute Gasteiger partial charge is 0.0653 e. The van der Waals surface area contributed by atoms with Crippen molar-refractivity contribution in [2.75, 3.05) is 5.32 Å². The quantitative estimate of drug-likeness (QED) is 0.622. The van der Waals surface area contributed by atoms with E-state index in [9.17, 15) is 0 Å². The molecule has 0 saturated heterocycles. The third-order valence-electron chi connectivity index (χ3n) is 3.70. The Morgan fingerprint density at radius 3 is 2.95 bits per heavy atom. The maximum atomic E-state index is 3.73. The number of anilines is 1. The van der Waals surface area contributed by atoms with Gasteiger partial charge in [-0.2, -0.15) is 0 Å². The van der Waals surface area contributed by atoms with E-state index in [4.69, 9.17) is 0 Å². The van der Waals surface area contributed by atoms with Crippen LogP contribution in [-0.4, -0.2) is 5.25 Å². The molecule has 3 aromatic rings. The molecule has 0 saturated carbocycles. The summed E-state index contributed by atoms with van der Waals surface area (Å²) in [5.41, 5.74) is 2.71. The summed E-state index contributed by atoms with van der Waals surface area (Å²) in [6.45, 7) is 2.32. The van der Waals surface area contributed by atoms with Gasteiger partial charge < -0.3 is 5.32 Å². The Morgan fingerprint density at radius 2 is 2.00 bits per heavy atom. The molecule has 2 atom stereocenters. The molecule has 1 aliphatic rings. The van der Waals surface area contributed by atoms with Crippen LogP contribution in [0.2, 0.25) is 0 Å². The number of hydrogen-bond donors (Lipinski definition) is 1. The predicted octanol–water partition coefficient (Wildman–Crippen LogP) is 6.00. The van der Waals surface area contributed by atoms with E-state index in [0.29, 0.717) is 11.3 Å². The molecule has 4 rings (SSSR count). The second-order valence-corrected chi connectivity index (χ2v) is 8.77. The average molecular weight is 318 g/mol. The molecular weight excluding hydrogens is 302 g/mol. The second-order valence-electron chi connectivity index (χ2n) is 5.20. The van der Waals surface area contributed by atoms with Crippen LogP contribution in [0.25, 0.3) is 10.1 Å². The van der Waals surface area contributed by atoms with Gasteiger partial charge in [-0.3, -0.25) is 0 Å². The largest absolute Gasteiger partial charge is 0.378 e. The maximum Gasteiger partial charge on any atom is 0.0653 e. The molecule has 0 spiro atoms. The van der Waals surface area contributed by atoms with Gasteiger partial charge in [0.15, 0.2) is 0 Å². The molecule has 0 amide bonds. The van der Waals surface area contributed by atoms with Gasteiger partial charge in [-0.25, -0.2) is 0 Å². The van der Waals surface area contributed by atoms with Crippen LogP contribution in [0.1, 0.15) is 24.9 Å². The van der Waals surface area contributed by atoms with Crippen molar-refractivity contribution in [1.82, 2.24) is 0 Å².